The summed E-state index contributed by atoms with van der Waals surface area (Å²) in [5.74, 6) is 0.0834. The quantitative estimate of drug-likeness (QED) is 0.790. The maximum absolute atomic E-state index is 12.8. The minimum atomic E-state index is -0.478. The fraction of sp³-hybridized carbons (Fsp3) is 0.286. The van der Waals surface area contributed by atoms with E-state index >= 15 is 0 Å². The summed E-state index contributed by atoms with van der Waals surface area (Å²) in [6.07, 6.45) is 2.63. The van der Waals surface area contributed by atoms with Crippen LogP contribution >= 0.6 is 0 Å². The maximum atomic E-state index is 12.8. The number of carbonyl (C=O) groups excluding carboxylic acids is 1. The highest BCUT2D eigenvalue weighted by Gasteiger charge is 2.29. The zero-order chi connectivity index (χ0) is 17.9. The Balaban J connectivity index is 1.43. The fourth-order valence-electron chi connectivity index (χ4n) is 3.56. The zero-order valence-electron chi connectivity index (χ0n) is 14.5. The number of para-hydroxylation sites is 2. The summed E-state index contributed by atoms with van der Waals surface area (Å²) < 4.78 is 0. The molecule has 132 valence electrons. The maximum Gasteiger partial charge on any atom is 0.274 e. The lowest BCUT2D eigenvalue weighted by Gasteiger charge is -2.34. The summed E-state index contributed by atoms with van der Waals surface area (Å²) in [5.41, 5.74) is 2.84. The van der Waals surface area contributed by atoms with Crippen LogP contribution in [0.5, 0.6) is 0 Å². The molecular weight excluding hydrogens is 326 g/mol. The van der Waals surface area contributed by atoms with E-state index in [1.165, 1.54) is 0 Å². The SMILES string of the molecule is O=C(c1cnc2ccccc2n1)N1CCC([C@@H](O)c2ccccc2)CC1. The molecule has 4 rings (SSSR count). The Morgan fingerprint density at radius 3 is 2.38 bits per heavy atom. The lowest BCUT2D eigenvalue weighted by atomic mass is 9.87. The number of benzene rings is 2. The van der Waals surface area contributed by atoms with Crippen LogP contribution in [0.25, 0.3) is 11.0 Å². The molecule has 2 heterocycles. The molecule has 0 unspecified atom stereocenters. The van der Waals surface area contributed by atoms with Crippen LogP contribution in [0, 0.1) is 5.92 Å². The summed E-state index contributed by atoms with van der Waals surface area (Å²) in [7, 11) is 0. The third-order valence-electron chi connectivity index (χ3n) is 5.08. The zero-order valence-corrected chi connectivity index (χ0v) is 14.5. The molecule has 1 amide bonds. The van der Waals surface area contributed by atoms with Gasteiger partial charge in [0.2, 0.25) is 0 Å². The van der Waals surface area contributed by atoms with E-state index in [-0.39, 0.29) is 11.8 Å². The molecule has 0 bridgehead atoms. The highest BCUT2D eigenvalue weighted by atomic mass is 16.3. The number of amides is 1. The van der Waals surface area contributed by atoms with E-state index in [0.717, 1.165) is 29.4 Å². The summed E-state index contributed by atoms with van der Waals surface area (Å²) >= 11 is 0. The van der Waals surface area contributed by atoms with Crippen molar-refractivity contribution in [1.82, 2.24) is 14.9 Å². The Kier molecular flexibility index (Phi) is 4.63. The molecule has 5 heteroatoms. The number of hydrogen-bond donors (Lipinski definition) is 1. The van der Waals surface area contributed by atoms with Crippen LogP contribution in [-0.2, 0) is 0 Å². The summed E-state index contributed by atoms with van der Waals surface area (Å²) in [5, 5.41) is 10.6. The normalized spacial score (nSPS) is 16.6. The summed E-state index contributed by atoms with van der Waals surface area (Å²) in [6, 6.07) is 17.3. The van der Waals surface area contributed by atoms with Crippen molar-refractivity contribution in [2.24, 2.45) is 5.92 Å². The lowest BCUT2D eigenvalue weighted by molar-refractivity contribution is 0.0458. The number of fused-ring (bicyclic) bond motifs is 1. The highest BCUT2D eigenvalue weighted by molar-refractivity contribution is 5.93. The van der Waals surface area contributed by atoms with Gasteiger partial charge in [-0.25, -0.2) is 4.98 Å². The van der Waals surface area contributed by atoms with Crippen LogP contribution in [0.1, 0.15) is 35.0 Å². The van der Waals surface area contributed by atoms with E-state index in [1.54, 1.807) is 6.20 Å². The number of piperidine rings is 1. The van der Waals surface area contributed by atoms with Crippen LogP contribution < -0.4 is 0 Å². The Morgan fingerprint density at radius 2 is 1.65 bits per heavy atom. The van der Waals surface area contributed by atoms with E-state index in [0.29, 0.717) is 18.8 Å². The highest BCUT2D eigenvalue weighted by Crippen LogP contribution is 2.31. The van der Waals surface area contributed by atoms with Gasteiger partial charge in [-0.05, 0) is 36.5 Å². The van der Waals surface area contributed by atoms with E-state index in [4.69, 9.17) is 0 Å². The molecular formula is C21H21N3O2. The topological polar surface area (TPSA) is 66.3 Å². The molecule has 1 fully saturated rings. The molecule has 1 aromatic heterocycles. The number of hydrogen-bond acceptors (Lipinski definition) is 4. The predicted molar refractivity (Wildman–Crippen MR) is 99.6 cm³/mol. The Labute approximate surface area is 152 Å². The van der Waals surface area contributed by atoms with E-state index in [2.05, 4.69) is 9.97 Å². The van der Waals surface area contributed by atoms with Crippen molar-refractivity contribution < 1.29 is 9.90 Å². The van der Waals surface area contributed by atoms with Crippen molar-refractivity contribution in [2.45, 2.75) is 18.9 Å². The van der Waals surface area contributed by atoms with Crippen molar-refractivity contribution in [2.75, 3.05) is 13.1 Å². The number of carbonyl (C=O) groups is 1. The van der Waals surface area contributed by atoms with E-state index in [1.807, 2.05) is 59.5 Å². The van der Waals surface area contributed by atoms with Gasteiger partial charge in [0.05, 0.1) is 23.3 Å². The van der Waals surface area contributed by atoms with Crippen molar-refractivity contribution >= 4 is 16.9 Å². The fourth-order valence-corrected chi connectivity index (χ4v) is 3.56. The van der Waals surface area contributed by atoms with Crippen LogP contribution in [-0.4, -0.2) is 39.0 Å². The molecule has 0 radical (unpaired) electrons. The van der Waals surface area contributed by atoms with E-state index < -0.39 is 6.10 Å². The molecule has 1 atom stereocenters. The standard InChI is InChI=1S/C21H21N3O2/c25-20(15-6-2-1-3-7-15)16-10-12-24(13-11-16)21(26)19-14-22-17-8-4-5-9-18(17)23-19/h1-9,14,16,20,25H,10-13H2/t20-/m0/s1. The second-order valence-electron chi connectivity index (χ2n) is 6.73. The molecule has 1 aliphatic rings. The molecule has 1 aliphatic heterocycles. The van der Waals surface area contributed by atoms with Gasteiger partial charge in [0.1, 0.15) is 5.69 Å². The van der Waals surface area contributed by atoms with Gasteiger partial charge in [0, 0.05) is 13.1 Å². The van der Waals surface area contributed by atoms with Crippen LogP contribution in [0.4, 0.5) is 0 Å². The second kappa shape index (κ2) is 7.22. The average Bonchev–Trinajstić information content (AvgIpc) is 2.73. The molecule has 1 saturated heterocycles. The Morgan fingerprint density at radius 1 is 1.00 bits per heavy atom. The van der Waals surface area contributed by atoms with Crippen LogP contribution in [0.3, 0.4) is 0 Å². The van der Waals surface area contributed by atoms with Crippen molar-refractivity contribution in [3.63, 3.8) is 0 Å². The number of nitrogens with zero attached hydrogens (tertiary/aromatic N) is 3. The first-order chi connectivity index (χ1) is 12.7. The monoisotopic (exact) mass is 347 g/mol. The number of aliphatic hydroxyl groups excluding tert-OH is 1. The summed E-state index contributed by atoms with van der Waals surface area (Å²) in [6.45, 7) is 1.25. The number of rotatable bonds is 3. The third kappa shape index (κ3) is 3.30. The first-order valence-electron chi connectivity index (χ1n) is 8.96. The van der Waals surface area contributed by atoms with E-state index in [9.17, 15) is 9.90 Å². The average molecular weight is 347 g/mol. The number of aliphatic hydroxyl groups is 1. The van der Waals surface area contributed by atoms with Gasteiger partial charge in [-0.1, -0.05) is 42.5 Å². The smallest absolute Gasteiger partial charge is 0.274 e. The molecule has 5 nitrogen and oxygen atoms in total. The molecule has 3 aromatic rings. The molecule has 26 heavy (non-hydrogen) atoms. The van der Waals surface area contributed by atoms with Gasteiger partial charge in [-0.2, -0.15) is 0 Å². The molecule has 1 N–H and O–H groups in total. The van der Waals surface area contributed by atoms with Crippen molar-refractivity contribution in [3.8, 4) is 0 Å². The van der Waals surface area contributed by atoms with Crippen molar-refractivity contribution in [1.29, 1.82) is 0 Å². The van der Waals surface area contributed by atoms with Gasteiger partial charge in [0.25, 0.3) is 5.91 Å². The Hall–Kier alpha value is -2.79. The third-order valence-corrected chi connectivity index (χ3v) is 5.08. The number of likely N-dealkylation sites (tertiary alicyclic amines) is 1. The molecule has 0 spiro atoms. The van der Waals surface area contributed by atoms with Gasteiger partial charge in [0.15, 0.2) is 0 Å². The molecule has 0 saturated carbocycles. The van der Waals surface area contributed by atoms with Crippen LogP contribution in [0.15, 0.2) is 60.8 Å². The summed E-state index contributed by atoms with van der Waals surface area (Å²) in [4.78, 5) is 23.3. The first kappa shape index (κ1) is 16.7. The van der Waals surface area contributed by atoms with Crippen LogP contribution in [0.2, 0.25) is 0 Å². The minimum absolute atomic E-state index is 0.0871. The van der Waals surface area contributed by atoms with Crippen molar-refractivity contribution in [3.05, 3.63) is 72.1 Å². The lowest BCUT2D eigenvalue weighted by Crippen LogP contribution is -2.40. The first-order valence-corrected chi connectivity index (χ1v) is 8.96. The molecule has 0 aliphatic carbocycles. The predicted octanol–water partition coefficient (Wildman–Crippen LogP) is 3.22. The van der Waals surface area contributed by atoms with Gasteiger partial charge < -0.3 is 10.0 Å². The minimum Gasteiger partial charge on any atom is -0.388 e. The Bertz CT molecular complexity index is 905. The largest absolute Gasteiger partial charge is 0.388 e. The molecule has 2 aromatic carbocycles. The number of aromatic nitrogens is 2. The van der Waals surface area contributed by atoms with Gasteiger partial charge >= 0.3 is 0 Å². The van der Waals surface area contributed by atoms with Gasteiger partial charge in [-0.3, -0.25) is 9.78 Å². The second-order valence-corrected chi connectivity index (χ2v) is 6.73. The van der Waals surface area contributed by atoms with Gasteiger partial charge in [-0.15, -0.1) is 0 Å².